The number of hydrogen-bond donors (Lipinski definition) is 2. The molecule has 0 spiro atoms. The molecule has 0 aliphatic heterocycles. The third-order valence-corrected chi connectivity index (χ3v) is 3.69. The number of unbranched alkanes of at least 4 members (excludes halogenated alkanes) is 3. The third kappa shape index (κ3) is 3.89. The number of carbonyl (C=O) groups is 1. The van der Waals surface area contributed by atoms with E-state index < -0.39 is 5.97 Å². The third-order valence-electron chi connectivity index (χ3n) is 3.69. The Morgan fingerprint density at radius 3 is 2.78 bits per heavy atom. The number of aromatic nitrogens is 1. The largest absolute Gasteiger partial charge is 0.464 e. The highest BCUT2D eigenvalue weighted by Gasteiger charge is 2.12. The van der Waals surface area contributed by atoms with Crippen LogP contribution in [0.15, 0.2) is 23.0 Å². The Balaban J connectivity index is 2.28. The summed E-state index contributed by atoms with van der Waals surface area (Å²) in [6.07, 6.45) is 4.14. The lowest BCUT2D eigenvalue weighted by atomic mass is 10.0. The van der Waals surface area contributed by atoms with Crippen LogP contribution in [0.2, 0.25) is 0 Å². The standard InChI is InChI=1S/C17H19N3O3/c1-23-17(22)14-10-15(21)12-8-11(6-4-2-3-5-7-18)9-13(19)16(12)20-14/h8-10H,2-6,19H2,1H3,(H,20,21). The van der Waals surface area contributed by atoms with E-state index in [0.29, 0.717) is 23.0 Å². The number of benzene rings is 1. The van der Waals surface area contributed by atoms with Crippen LogP contribution in [0, 0.1) is 11.3 Å². The van der Waals surface area contributed by atoms with Crippen molar-refractivity contribution in [2.45, 2.75) is 32.1 Å². The average molecular weight is 313 g/mol. The number of hydrogen-bond acceptors (Lipinski definition) is 5. The number of esters is 1. The van der Waals surface area contributed by atoms with Crippen LogP contribution in [0.5, 0.6) is 0 Å². The van der Waals surface area contributed by atoms with Crippen molar-refractivity contribution in [1.29, 1.82) is 5.26 Å². The van der Waals surface area contributed by atoms with Crippen molar-refractivity contribution in [3.05, 3.63) is 39.7 Å². The smallest absolute Gasteiger partial charge is 0.354 e. The lowest BCUT2D eigenvalue weighted by Gasteiger charge is -2.08. The van der Waals surface area contributed by atoms with Gasteiger partial charge in [0.25, 0.3) is 0 Å². The van der Waals surface area contributed by atoms with Gasteiger partial charge in [0.05, 0.1) is 24.4 Å². The van der Waals surface area contributed by atoms with Crippen LogP contribution in [0.25, 0.3) is 10.9 Å². The minimum atomic E-state index is -0.607. The van der Waals surface area contributed by atoms with Crippen LogP contribution in [-0.4, -0.2) is 18.1 Å². The first-order valence-corrected chi connectivity index (χ1v) is 7.47. The van der Waals surface area contributed by atoms with Gasteiger partial charge >= 0.3 is 5.97 Å². The monoisotopic (exact) mass is 313 g/mol. The Labute approximate surface area is 133 Å². The Kier molecular flexibility index (Phi) is 5.36. The number of methoxy groups -OCH3 is 1. The number of ether oxygens (including phenoxy) is 1. The highest BCUT2D eigenvalue weighted by molar-refractivity contribution is 5.95. The number of carbonyl (C=O) groups excluding carboxylic acids is 1. The molecule has 6 nitrogen and oxygen atoms in total. The predicted octanol–water partition coefficient (Wildman–Crippen LogP) is 2.52. The minimum absolute atomic E-state index is 0.0842. The van der Waals surface area contributed by atoms with Gasteiger partial charge in [-0.3, -0.25) is 4.79 Å². The van der Waals surface area contributed by atoms with Crippen molar-refractivity contribution in [1.82, 2.24) is 4.98 Å². The van der Waals surface area contributed by atoms with Gasteiger partial charge in [0.1, 0.15) is 5.69 Å². The van der Waals surface area contributed by atoms with E-state index >= 15 is 0 Å². The number of pyridine rings is 1. The summed E-state index contributed by atoms with van der Waals surface area (Å²) in [4.78, 5) is 26.6. The molecule has 6 heteroatoms. The summed E-state index contributed by atoms with van der Waals surface area (Å²) < 4.78 is 4.62. The summed E-state index contributed by atoms with van der Waals surface area (Å²) in [6.45, 7) is 0. The molecule has 0 radical (unpaired) electrons. The van der Waals surface area contributed by atoms with Crippen molar-refractivity contribution >= 4 is 22.6 Å². The number of anilines is 1. The molecule has 1 aromatic heterocycles. The van der Waals surface area contributed by atoms with E-state index in [9.17, 15) is 9.59 Å². The van der Waals surface area contributed by atoms with Crippen LogP contribution in [0.4, 0.5) is 5.69 Å². The summed E-state index contributed by atoms with van der Waals surface area (Å²) in [5.74, 6) is -0.607. The molecule has 0 bridgehead atoms. The number of nitriles is 1. The fourth-order valence-corrected chi connectivity index (χ4v) is 2.51. The van der Waals surface area contributed by atoms with Crippen LogP contribution in [-0.2, 0) is 11.2 Å². The van der Waals surface area contributed by atoms with Gasteiger partial charge < -0.3 is 15.5 Å². The molecule has 0 atom stereocenters. The number of H-pyrrole nitrogens is 1. The zero-order valence-corrected chi connectivity index (χ0v) is 13.0. The van der Waals surface area contributed by atoms with Gasteiger partial charge in [-0.25, -0.2) is 4.79 Å². The number of nitrogens with one attached hydrogen (secondary N) is 1. The topological polar surface area (TPSA) is 109 Å². The Morgan fingerprint density at radius 1 is 1.30 bits per heavy atom. The van der Waals surface area contributed by atoms with Gasteiger partial charge in [-0.15, -0.1) is 0 Å². The number of nitrogens with zero attached hydrogens (tertiary/aromatic N) is 1. The lowest BCUT2D eigenvalue weighted by Crippen LogP contribution is -2.12. The molecule has 0 unspecified atom stereocenters. The average Bonchev–Trinajstić information content (AvgIpc) is 2.54. The minimum Gasteiger partial charge on any atom is -0.464 e. The quantitative estimate of drug-likeness (QED) is 0.484. The van der Waals surface area contributed by atoms with E-state index in [4.69, 9.17) is 11.0 Å². The van der Waals surface area contributed by atoms with Crippen LogP contribution < -0.4 is 11.2 Å². The molecule has 0 aliphatic rings. The highest BCUT2D eigenvalue weighted by atomic mass is 16.5. The Hall–Kier alpha value is -2.81. The number of aryl methyl sites for hydroxylation is 1. The fourth-order valence-electron chi connectivity index (χ4n) is 2.51. The van der Waals surface area contributed by atoms with E-state index in [1.165, 1.54) is 13.2 Å². The molecule has 120 valence electrons. The van der Waals surface area contributed by atoms with Crippen molar-refractivity contribution in [2.24, 2.45) is 0 Å². The maximum absolute atomic E-state index is 12.2. The number of aromatic amines is 1. The highest BCUT2D eigenvalue weighted by Crippen LogP contribution is 2.21. The molecular formula is C17H19N3O3. The summed E-state index contributed by atoms with van der Waals surface area (Å²) in [6, 6.07) is 6.96. The molecular weight excluding hydrogens is 294 g/mol. The van der Waals surface area contributed by atoms with Gasteiger partial charge in [0.2, 0.25) is 0 Å². The maximum atomic E-state index is 12.2. The Morgan fingerprint density at radius 2 is 2.09 bits per heavy atom. The van der Waals surface area contributed by atoms with E-state index in [2.05, 4.69) is 15.8 Å². The van der Waals surface area contributed by atoms with Crippen LogP contribution >= 0.6 is 0 Å². The van der Waals surface area contributed by atoms with Crippen molar-refractivity contribution in [2.75, 3.05) is 12.8 Å². The van der Waals surface area contributed by atoms with Crippen molar-refractivity contribution in [3.63, 3.8) is 0 Å². The number of rotatable bonds is 6. The van der Waals surface area contributed by atoms with Crippen molar-refractivity contribution in [3.8, 4) is 6.07 Å². The molecule has 1 aromatic carbocycles. The number of fused-ring (bicyclic) bond motifs is 1. The molecule has 3 N–H and O–H groups in total. The van der Waals surface area contributed by atoms with Gasteiger partial charge in [0, 0.05) is 17.9 Å². The van der Waals surface area contributed by atoms with Gasteiger partial charge in [-0.2, -0.15) is 5.26 Å². The molecule has 1 heterocycles. The second kappa shape index (κ2) is 7.45. The zero-order chi connectivity index (χ0) is 16.8. The summed E-state index contributed by atoms with van der Waals surface area (Å²) in [5, 5.41) is 8.97. The lowest BCUT2D eigenvalue weighted by molar-refractivity contribution is 0.0594. The molecule has 0 saturated heterocycles. The zero-order valence-electron chi connectivity index (χ0n) is 13.0. The van der Waals surface area contributed by atoms with Crippen molar-refractivity contribution < 1.29 is 9.53 Å². The molecule has 0 fully saturated rings. The molecule has 0 amide bonds. The SMILES string of the molecule is COC(=O)c1cc(=O)c2cc(CCCCCC#N)cc(N)c2[nH]1. The van der Waals surface area contributed by atoms with Gasteiger partial charge in [-0.05, 0) is 37.0 Å². The van der Waals surface area contributed by atoms with Gasteiger partial charge in [-0.1, -0.05) is 6.42 Å². The second-order valence-electron chi connectivity index (χ2n) is 5.37. The predicted molar refractivity (Wildman–Crippen MR) is 88.1 cm³/mol. The number of nitrogens with two attached hydrogens (primary N) is 1. The Bertz CT molecular complexity index is 818. The molecule has 23 heavy (non-hydrogen) atoms. The first-order chi connectivity index (χ1) is 11.1. The molecule has 2 rings (SSSR count). The van der Waals surface area contributed by atoms with E-state index in [-0.39, 0.29) is 11.1 Å². The number of nitrogen functional groups attached to an aromatic ring is 1. The molecule has 0 saturated carbocycles. The van der Waals surface area contributed by atoms with Crippen LogP contribution in [0.1, 0.15) is 41.7 Å². The summed E-state index contributed by atoms with van der Waals surface area (Å²) in [7, 11) is 1.25. The first-order valence-electron chi connectivity index (χ1n) is 7.47. The van der Waals surface area contributed by atoms with E-state index in [1.54, 1.807) is 6.07 Å². The normalized spacial score (nSPS) is 10.4. The summed E-state index contributed by atoms with van der Waals surface area (Å²) >= 11 is 0. The van der Waals surface area contributed by atoms with Crippen LogP contribution in [0.3, 0.4) is 0 Å². The van der Waals surface area contributed by atoms with E-state index in [0.717, 1.165) is 31.2 Å². The molecule has 2 aromatic rings. The van der Waals surface area contributed by atoms with E-state index in [1.807, 2.05) is 6.07 Å². The summed E-state index contributed by atoms with van der Waals surface area (Å²) in [5.41, 5.74) is 7.69. The second-order valence-corrected chi connectivity index (χ2v) is 5.37. The molecule has 0 aliphatic carbocycles. The fraction of sp³-hybridized carbons (Fsp3) is 0.353. The first kappa shape index (κ1) is 16.6. The van der Waals surface area contributed by atoms with Gasteiger partial charge in [0.15, 0.2) is 5.43 Å². The maximum Gasteiger partial charge on any atom is 0.354 e.